The Labute approximate surface area is 107 Å². The number of thioether (sulfide) groups is 1. The third kappa shape index (κ3) is 5.26. The van der Waals surface area contributed by atoms with Crippen LogP contribution in [0.5, 0.6) is 0 Å². The van der Waals surface area contributed by atoms with E-state index >= 15 is 0 Å². The maximum absolute atomic E-state index is 11.8. The minimum Gasteiger partial charge on any atom is -0.324 e. The van der Waals surface area contributed by atoms with Crippen LogP contribution in [0.4, 0.5) is 0 Å². The molecule has 2 atom stereocenters. The van der Waals surface area contributed by atoms with E-state index < -0.39 is 7.60 Å². The van der Waals surface area contributed by atoms with Crippen LogP contribution in [0.3, 0.4) is 0 Å². The second-order valence-electron chi connectivity index (χ2n) is 3.97. The van der Waals surface area contributed by atoms with Crippen molar-refractivity contribution < 1.29 is 14.0 Å². The van der Waals surface area contributed by atoms with Crippen molar-refractivity contribution in [2.75, 3.05) is 6.26 Å². The summed E-state index contributed by atoms with van der Waals surface area (Å²) in [6, 6.07) is 7.63. The Bertz CT molecular complexity index is 391. The maximum Gasteiger partial charge on any atom is 0.332 e. The fourth-order valence-electron chi connectivity index (χ4n) is 1.35. The normalized spacial score (nSPS) is 16.5. The van der Waals surface area contributed by atoms with Gasteiger partial charge in [-0.25, -0.2) is 0 Å². The summed E-state index contributed by atoms with van der Waals surface area (Å²) in [7, 11) is -3.52. The van der Waals surface area contributed by atoms with Crippen molar-refractivity contribution in [1.82, 2.24) is 0 Å². The molecule has 0 saturated heterocycles. The summed E-state index contributed by atoms with van der Waals surface area (Å²) in [4.78, 5) is 10.9. The van der Waals surface area contributed by atoms with Gasteiger partial charge in [-0.3, -0.25) is 4.57 Å². The summed E-state index contributed by atoms with van der Waals surface area (Å²) < 4.78 is 17.0. The van der Waals surface area contributed by atoms with Gasteiger partial charge < -0.3 is 9.42 Å². The summed E-state index contributed by atoms with van der Waals surface area (Å²) in [5.74, 6) is 0. The highest BCUT2D eigenvalue weighted by Crippen LogP contribution is 2.47. The lowest BCUT2D eigenvalue weighted by Gasteiger charge is -2.16. The molecule has 0 heterocycles. The quantitative estimate of drug-likeness (QED) is 0.631. The molecule has 2 unspecified atom stereocenters. The first kappa shape index (κ1) is 14.8. The molecule has 0 fully saturated rings. The van der Waals surface area contributed by atoms with Crippen LogP contribution >= 0.6 is 19.4 Å². The predicted octanol–water partition coefficient (Wildman–Crippen LogP) is 3.91. The molecule has 0 bridgehead atoms. The van der Waals surface area contributed by atoms with Crippen LogP contribution in [-0.4, -0.2) is 17.3 Å². The molecule has 0 radical (unpaired) electrons. The Morgan fingerprint density at radius 2 is 2.00 bits per heavy atom. The van der Waals surface area contributed by atoms with Crippen LogP contribution in [0.2, 0.25) is 0 Å². The van der Waals surface area contributed by atoms with Gasteiger partial charge >= 0.3 is 7.60 Å². The Balaban J connectivity index is 2.65. The largest absolute Gasteiger partial charge is 0.332 e. The SMILES string of the molecule is CCC(C)OP(=O)(O)Cc1ccc(SC)cc1. The Morgan fingerprint density at radius 1 is 1.41 bits per heavy atom. The molecule has 3 nitrogen and oxygen atoms in total. The Hall–Kier alpha value is -0.280. The van der Waals surface area contributed by atoms with E-state index in [1.165, 1.54) is 0 Å². The molecule has 0 aliphatic rings. The van der Waals surface area contributed by atoms with Crippen molar-refractivity contribution in [3.63, 3.8) is 0 Å². The molecule has 17 heavy (non-hydrogen) atoms. The molecule has 0 aromatic heterocycles. The monoisotopic (exact) mass is 274 g/mol. The molecule has 1 aromatic carbocycles. The zero-order valence-electron chi connectivity index (χ0n) is 10.4. The number of hydrogen-bond donors (Lipinski definition) is 1. The molecule has 96 valence electrons. The van der Waals surface area contributed by atoms with Crippen LogP contribution in [-0.2, 0) is 15.3 Å². The second-order valence-corrected chi connectivity index (χ2v) is 6.65. The molecule has 0 spiro atoms. The first-order valence-electron chi connectivity index (χ1n) is 5.60. The van der Waals surface area contributed by atoms with E-state index in [1.54, 1.807) is 18.7 Å². The average molecular weight is 274 g/mol. The Morgan fingerprint density at radius 3 is 2.47 bits per heavy atom. The van der Waals surface area contributed by atoms with Gasteiger partial charge in [-0.05, 0) is 37.3 Å². The summed E-state index contributed by atoms with van der Waals surface area (Å²) in [6.45, 7) is 3.73. The Kier molecular flexibility index (Phi) is 5.74. The van der Waals surface area contributed by atoms with Crippen LogP contribution in [0, 0.1) is 0 Å². The zero-order valence-corrected chi connectivity index (χ0v) is 12.1. The molecule has 0 amide bonds. The minimum atomic E-state index is -3.52. The lowest BCUT2D eigenvalue weighted by Crippen LogP contribution is -2.05. The highest BCUT2D eigenvalue weighted by Gasteiger charge is 2.22. The first-order chi connectivity index (χ1) is 7.96. The third-order valence-corrected chi connectivity index (χ3v) is 4.66. The highest BCUT2D eigenvalue weighted by molar-refractivity contribution is 7.98. The minimum absolute atomic E-state index is 0.0754. The van der Waals surface area contributed by atoms with Gasteiger partial charge in [0.25, 0.3) is 0 Å². The van der Waals surface area contributed by atoms with Gasteiger partial charge in [-0.1, -0.05) is 19.1 Å². The van der Waals surface area contributed by atoms with Gasteiger partial charge in [0.15, 0.2) is 0 Å². The van der Waals surface area contributed by atoms with Crippen molar-refractivity contribution >= 4 is 19.4 Å². The van der Waals surface area contributed by atoms with Gasteiger partial charge in [0.1, 0.15) is 0 Å². The zero-order chi connectivity index (χ0) is 12.9. The van der Waals surface area contributed by atoms with E-state index in [0.717, 1.165) is 16.9 Å². The number of hydrogen-bond acceptors (Lipinski definition) is 3. The lowest BCUT2D eigenvalue weighted by atomic mass is 10.2. The van der Waals surface area contributed by atoms with Crippen LogP contribution < -0.4 is 0 Å². The van der Waals surface area contributed by atoms with E-state index in [1.807, 2.05) is 37.4 Å². The molecule has 1 aromatic rings. The highest BCUT2D eigenvalue weighted by atomic mass is 32.2. The van der Waals surface area contributed by atoms with Gasteiger partial charge in [0.2, 0.25) is 0 Å². The van der Waals surface area contributed by atoms with Gasteiger partial charge in [-0.2, -0.15) is 0 Å². The van der Waals surface area contributed by atoms with E-state index in [9.17, 15) is 9.46 Å². The van der Waals surface area contributed by atoms with Crippen molar-refractivity contribution in [1.29, 1.82) is 0 Å². The van der Waals surface area contributed by atoms with Crippen molar-refractivity contribution in [3.05, 3.63) is 29.8 Å². The second kappa shape index (κ2) is 6.60. The van der Waals surface area contributed by atoms with Gasteiger partial charge in [0, 0.05) is 4.90 Å². The van der Waals surface area contributed by atoms with Crippen molar-refractivity contribution in [3.8, 4) is 0 Å². The summed E-state index contributed by atoms with van der Waals surface area (Å²) in [6.07, 6.45) is 2.62. The van der Waals surface area contributed by atoms with Gasteiger partial charge in [0.05, 0.1) is 12.3 Å². The molecular formula is C12H19O3PS. The smallest absolute Gasteiger partial charge is 0.324 e. The fourth-order valence-corrected chi connectivity index (χ4v) is 3.22. The van der Waals surface area contributed by atoms with Gasteiger partial charge in [-0.15, -0.1) is 11.8 Å². The molecular weight excluding hydrogens is 255 g/mol. The van der Waals surface area contributed by atoms with Crippen LogP contribution in [0.15, 0.2) is 29.2 Å². The van der Waals surface area contributed by atoms with E-state index in [4.69, 9.17) is 4.52 Å². The van der Waals surface area contributed by atoms with Crippen molar-refractivity contribution in [2.24, 2.45) is 0 Å². The number of benzene rings is 1. The summed E-state index contributed by atoms with van der Waals surface area (Å²) in [5.41, 5.74) is 0.830. The summed E-state index contributed by atoms with van der Waals surface area (Å²) in [5, 5.41) is 0. The fraction of sp³-hybridized carbons (Fsp3) is 0.500. The van der Waals surface area contributed by atoms with Crippen molar-refractivity contribution in [2.45, 2.75) is 37.4 Å². The average Bonchev–Trinajstić information content (AvgIpc) is 2.28. The van der Waals surface area contributed by atoms with Crippen LogP contribution in [0.1, 0.15) is 25.8 Å². The maximum atomic E-state index is 11.8. The molecule has 0 saturated carbocycles. The first-order valence-corrected chi connectivity index (χ1v) is 8.58. The topological polar surface area (TPSA) is 46.5 Å². The molecule has 0 aliphatic heterocycles. The molecule has 1 N–H and O–H groups in total. The lowest BCUT2D eigenvalue weighted by molar-refractivity contribution is 0.185. The number of rotatable bonds is 6. The van der Waals surface area contributed by atoms with E-state index in [-0.39, 0.29) is 12.3 Å². The molecule has 5 heteroatoms. The standard InChI is InChI=1S/C12H19O3PS/c1-4-10(2)15-16(13,14)9-11-5-7-12(17-3)8-6-11/h5-8,10H,4,9H2,1-3H3,(H,13,14). The molecule has 1 rings (SSSR count). The third-order valence-electron chi connectivity index (χ3n) is 2.46. The van der Waals surface area contributed by atoms with E-state index in [0.29, 0.717) is 0 Å². The molecule has 0 aliphatic carbocycles. The predicted molar refractivity (Wildman–Crippen MR) is 72.6 cm³/mol. The van der Waals surface area contributed by atoms with Crippen LogP contribution in [0.25, 0.3) is 0 Å². The summed E-state index contributed by atoms with van der Waals surface area (Å²) >= 11 is 1.65. The van der Waals surface area contributed by atoms with E-state index in [2.05, 4.69) is 0 Å².